The monoisotopic (exact) mass is 233 g/mol. The molecule has 0 saturated carbocycles. The largest absolute Gasteiger partial charge is 0.325 e. The average Bonchev–Trinajstić information content (AvgIpc) is 2.39. The Balaban J connectivity index is 1.90. The molecule has 92 valence electrons. The normalized spacial score (nSPS) is 31.8. The molecule has 2 N–H and O–H groups in total. The van der Waals surface area contributed by atoms with Crippen LogP contribution in [0.5, 0.6) is 0 Å². The highest BCUT2D eigenvalue weighted by atomic mass is 15.4. The van der Waals surface area contributed by atoms with E-state index in [0.29, 0.717) is 12.6 Å². The number of rotatable bonds is 2. The van der Waals surface area contributed by atoms with E-state index in [4.69, 9.17) is 5.73 Å². The van der Waals surface area contributed by atoms with Crippen molar-refractivity contribution >= 4 is 0 Å². The van der Waals surface area contributed by atoms with Gasteiger partial charge in [-0.3, -0.25) is 9.80 Å². The fourth-order valence-corrected chi connectivity index (χ4v) is 2.77. The summed E-state index contributed by atoms with van der Waals surface area (Å²) in [6, 6.07) is 2.34. The molecular weight excluding hydrogens is 214 g/mol. The molecule has 3 aliphatic rings. The Kier molecular flexibility index (Phi) is 2.82. The third kappa shape index (κ3) is 2.06. The van der Waals surface area contributed by atoms with Gasteiger partial charge < -0.3 is 5.73 Å². The second-order valence-electron chi connectivity index (χ2n) is 4.92. The van der Waals surface area contributed by atoms with E-state index in [1.54, 1.807) is 0 Å². The van der Waals surface area contributed by atoms with Gasteiger partial charge in [0.2, 0.25) is 0 Å². The standard InChI is InChI=1S/C12H19N5/c1-9-6-10(7-13)15-12(14-9)11-8-16-2-4-17(11)5-3-16/h6,11H,2-5,7-8,13H2,1H3. The fraction of sp³-hybridized carbons (Fsp3) is 0.667. The molecule has 1 unspecified atom stereocenters. The van der Waals surface area contributed by atoms with Crippen molar-refractivity contribution in [1.29, 1.82) is 0 Å². The number of hydrogen-bond donors (Lipinski definition) is 1. The lowest BCUT2D eigenvalue weighted by molar-refractivity contribution is 0.00850. The molecular formula is C12H19N5. The van der Waals surface area contributed by atoms with Crippen LogP contribution in [0.4, 0.5) is 0 Å². The lowest BCUT2D eigenvalue weighted by Gasteiger charge is -2.46. The molecule has 3 fully saturated rings. The molecule has 0 amide bonds. The van der Waals surface area contributed by atoms with Gasteiger partial charge in [0.05, 0.1) is 11.7 Å². The Morgan fingerprint density at radius 1 is 1.29 bits per heavy atom. The molecule has 1 atom stereocenters. The first-order valence-corrected chi connectivity index (χ1v) is 6.27. The molecule has 2 bridgehead atoms. The molecule has 0 aromatic carbocycles. The number of aryl methyl sites for hydroxylation is 1. The highest BCUT2D eigenvalue weighted by Gasteiger charge is 2.34. The average molecular weight is 233 g/mol. The first kappa shape index (κ1) is 11.1. The summed E-state index contributed by atoms with van der Waals surface area (Å²) in [7, 11) is 0. The molecule has 4 heterocycles. The van der Waals surface area contributed by atoms with Crippen LogP contribution < -0.4 is 5.73 Å². The van der Waals surface area contributed by atoms with Gasteiger partial charge in [0.25, 0.3) is 0 Å². The Hall–Kier alpha value is -1.04. The van der Waals surface area contributed by atoms with Crippen LogP contribution in [0.25, 0.3) is 0 Å². The number of nitrogens with two attached hydrogens (primary N) is 1. The number of aromatic nitrogens is 2. The Morgan fingerprint density at radius 2 is 2.06 bits per heavy atom. The minimum Gasteiger partial charge on any atom is -0.325 e. The van der Waals surface area contributed by atoms with Crippen molar-refractivity contribution < 1.29 is 0 Å². The molecule has 3 saturated heterocycles. The fourth-order valence-electron chi connectivity index (χ4n) is 2.77. The van der Waals surface area contributed by atoms with Crippen molar-refractivity contribution in [3.05, 3.63) is 23.3 Å². The van der Waals surface area contributed by atoms with Gasteiger partial charge in [-0.2, -0.15) is 0 Å². The zero-order chi connectivity index (χ0) is 11.8. The van der Waals surface area contributed by atoms with Crippen molar-refractivity contribution in [3.63, 3.8) is 0 Å². The summed E-state index contributed by atoms with van der Waals surface area (Å²) in [5, 5.41) is 0. The maximum Gasteiger partial charge on any atom is 0.147 e. The molecule has 4 rings (SSSR count). The quantitative estimate of drug-likeness (QED) is 0.774. The van der Waals surface area contributed by atoms with E-state index in [9.17, 15) is 0 Å². The Labute approximate surface area is 102 Å². The summed E-state index contributed by atoms with van der Waals surface area (Å²) >= 11 is 0. The highest BCUT2D eigenvalue weighted by molar-refractivity contribution is 5.13. The van der Waals surface area contributed by atoms with Gasteiger partial charge in [-0.15, -0.1) is 0 Å². The molecule has 5 heteroatoms. The Bertz CT molecular complexity index is 411. The van der Waals surface area contributed by atoms with E-state index in [1.807, 2.05) is 13.0 Å². The zero-order valence-corrected chi connectivity index (χ0v) is 10.3. The summed E-state index contributed by atoms with van der Waals surface area (Å²) in [6.45, 7) is 8.22. The van der Waals surface area contributed by atoms with Crippen LogP contribution in [-0.4, -0.2) is 52.5 Å². The molecule has 17 heavy (non-hydrogen) atoms. The molecule has 3 aliphatic heterocycles. The lowest BCUT2D eigenvalue weighted by atomic mass is 10.1. The van der Waals surface area contributed by atoms with Crippen molar-refractivity contribution in [2.24, 2.45) is 5.73 Å². The van der Waals surface area contributed by atoms with Gasteiger partial charge in [-0.1, -0.05) is 0 Å². The third-order valence-corrected chi connectivity index (χ3v) is 3.71. The van der Waals surface area contributed by atoms with Crippen LogP contribution in [0, 0.1) is 6.92 Å². The summed E-state index contributed by atoms with van der Waals surface area (Å²) < 4.78 is 0. The van der Waals surface area contributed by atoms with Gasteiger partial charge in [0, 0.05) is 45.0 Å². The summed E-state index contributed by atoms with van der Waals surface area (Å²) in [5.41, 5.74) is 7.65. The minimum absolute atomic E-state index is 0.364. The number of nitrogens with zero attached hydrogens (tertiary/aromatic N) is 4. The van der Waals surface area contributed by atoms with Gasteiger partial charge in [0.15, 0.2) is 0 Å². The van der Waals surface area contributed by atoms with Crippen LogP contribution in [0.1, 0.15) is 23.3 Å². The van der Waals surface area contributed by atoms with Crippen molar-refractivity contribution in [1.82, 2.24) is 19.8 Å². The summed E-state index contributed by atoms with van der Waals surface area (Å²) in [4.78, 5) is 14.2. The minimum atomic E-state index is 0.364. The molecule has 5 nitrogen and oxygen atoms in total. The van der Waals surface area contributed by atoms with Gasteiger partial charge in [-0.25, -0.2) is 9.97 Å². The van der Waals surface area contributed by atoms with Crippen LogP contribution in [-0.2, 0) is 6.54 Å². The van der Waals surface area contributed by atoms with Gasteiger partial charge in [0.1, 0.15) is 5.82 Å². The molecule has 0 radical (unpaired) electrons. The van der Waals surface area contributed by atoms with E-state index in [-0.39, 0.29) is 0 Å². The second-order valence-corrected chi connectivity index (χ2v) is 4.92. The van der Waals surface area contributed by atoms with Crippen LogP contribution >= 0.6 is 0 Å². The summed E-state index contributed by atoms with van der Waals surface area (Å²) in [5.74, 6) is 0.954. The number of hydrogen-bond acceptors (Lipinski definition) is 5. The van der Waals surface area contributed by atoms with E-state index >= 15 is 0 Å². The van der Waals surface area contributed by atoms with Crippen molar-refractivity contribution in [3.8, 4) is 0 Å². The molecule has 0 aliphatic carbocycles. The van der Waals surface area contributed by atoms with Gasteiger partial charge in [-0.05, 0) is 13.0 Å². The first-order valence-electron chi connectivity index (χ1n) is 6.27. The maximum atomic E-state index is 5.68. The molecule has 1 aromatic heterocycles. The SMILES string of the molecule is Cc1cc(CN)nc(C2CN3CCN2CC3)n1. The third-order valence-electron chi connectivity index (χ3n) is 3.71. The predicted octanol–water partition coefficient (Wildman–Crippen LogP) is -0.0840. The van der Waals surface area contributed by atoms with Crippen molar-refractivity contribution in [2.75, 3.05) is 32.7 Å². The second kappa shape index (κ2) is 4.33. The number of fused-ring (bicyclic) bond motifs is 3. The first-order chi connectivity index (χ1) is 8.26. The van der Waals surface area contributed by atoms with E-state index in [0.717, 1.165) is 36.8 Å². The number of piperazine rings is 3. The zero-order valence-electron chi connectivity index (χ0n) is 10.3. The van der Waals surface area contributed by atoms with Crippen LogP contribution in [0.2, 0.25) is 0 Å². The van der Waals surface area contributed by atoms with Crippen molar-refractivity contribution in [2.45, 2.75) is 19.5 Å². The highest BCUT2D eigenvalue weighted by Crippen LogP contribution is 2.26. The van der Waals surface area contributed by atoms with E-state index in [1.165, 1.54) is 13.1 Å². The smallest absolute Gasteiger partial charge is 0.147 e. The summed E-state index contributed by atoms with van der Waals surface area (Å²) in [6.07, 6.45) is 0. The molecule has 0 spiro atoms. The van der Waals surface area contributed by atoms with Gasteiger partial charge >= 0.3 is 0 Å². The lowest BCUT2D eigenvalue weighted by Crippen LogP contribution is -2.57. The van der Waals surface area contributed by atoms with Crippen LogP contribution in [0.15, 0.2) is 6.07 Å². The topological polar surface area (TPSA) is 58.3 Å². The molecule has 1 aromatic rings. The predicted molar refractivity (Wildman–Crippen MR) is 65.4 cm³/mol. The maximum absolute atomic E-state index is 5.68. The van der Waals surface area contributed by atoms with Crippen LogP contribution in [0.3, 0.4) is 0 Å². The van der Waals surface area contributed by atoms with E-state index < -0.39 is 0 Å². The van der Waals surface area contributed by atoms with E-state index in [2.05, 4.69) is 19.8 Å². The Morgan fingerprint density at radius 3 is 2.65 bits per heavy atom.